The highest BCUT2D eigenvalue weighted by atomic mass is 16.5. The van der Waals surface area contributed by atoms with Gasteiger partial charge in [-0.3, -0.25) is 0 Å². The molecule has 7 heteroatoms. The molecule has 2 heterocycles. The normalized spacial score (nSPS) is 11.0. The zero-order chi connectivity index (χ0) is 16.1. The van der Waals surface area contributed by atoms with E-state index in [2.05, 4.69) is 20.1 Å². The molecule has 0 radical (unpaired) electrons. The lowest BCUT2D eigenvalue weighted by atomic mass is 10.1. The number of aromatic amines is 1. The van der Waals surface area contributed by atoms with E-state index in [1.807, 2.05) is 24.3 Å². The molecular weight excluding hydrogens is 294 g/mol. The number of carbonyl (C=O) groups is 1. The van der Waals surface area contributed by atoms with Gasteiger partial charge in [-0.2, -0.15) is 4.98 Å². The van der Waals surface area contributed by atoms with Crippen molar-refractivity contribution in [1.29, 1.82) is 5.41 Å². The zero-order valence-corrected chi connectivity index (χ0v) is 12.1. The van der Waals surface area contributed by atoms with Gasteiger partial charge >= 0.3 is 0 Å². The van der Waals surface area contributed by atoms with Gasteiger partial charge in [-0.25, -0.2) is 4.98 Å². The van der Waals surface area contributed by atoms with Gasteiger partial charge in [0.1, 0.15) is 12.1 Å². The summed E-state index contributed by atoms with van der Waals surface area (Å²) in [6.07, 6.45) is 7.04. The van der Waals surface area contributed by atoms with Crippen LogP contribution in [0, 0.1) is 5.41 Å². The maximum atomic E-state index is 10.5. The van der Waals surface area contributed by atoms with Crippen molar-refractivity contribution in [3.8, 4) is 22.6 Å². The number of carbonyl (C=O) groups excluding carboxylic acids is 1. The van der Waals surface area contributed by atoms with E-state index in [1.54, 1.807) is 18.3 Å². The van der Waals surface area contributed by atoms with Crippen molar-refractivity contribution in [1.82, 2.24) is 20.1 Å². The van der Waals surface area contributed by atoms with Crippen LogP contribution >= 0.6 is 0 Å². The largest absolute Gasteiger partial charge is 0.339 e. The number of imidazole rings is 1. The van der Waals surface area contributed by atoms with Crippen LogP contribution in [0.15, 0.2) is 41.1 Å². The SMILES string of the molecule is N=C/C=C\c1ncc(-c2cccc(-c3noc(CC=O)n3)c2)[nH]1. The van der Waals surface area contributed by atoms with Crippen molar-refractivity contribution in [2.24, 2.45) is 0 Å². The molecule has 0 bridgehead atoms. The first kappa shape index (κ1) is 14.6. The first-order chi connectivity index (χ1) is 11.3. The molecule has 114 valence electrons. The van der Waals surface area contributed by atoms with Crippen molar-refractivity contribution in [2.45, 2.75) is 6.42 Å². The Morgan fingerprint density at radius 3 is 3.00 bits per heavy atom. The van der Waals surface area contributed by atoms with E-state index in [0.29, 0.717) is 17.5 Å². The van der Waals surface area contributed by atoms with E-state index >= 15 is 0 Å². The number of hydrogen-bond donors (Lipinski definition) is 2. The van der Waals surface area contributed by atoms with Gasteiger partial charge in [0.05, 0.1) is 18.3 Å². The van der Waals surface area contributed by atoms with Crippen LogP contribution in [0.3, 0.4) is 0 Å². The van der Waals surface area contributed by atoms with Gasteiger partial charge in [0.25, 0.3) is 0 Å². The molecule has 2 N–H and O–H groups in total. The number of aldehydes is 1. The van der Waals surface area contributed by atoms with Crippen molar-refractivity contribution >= 4 is 18.6 Å². The second kappa shape index (κ2) is 6.61. The average Bonchev–Trinajstić information content (AvgIpc) is 3.23. The third-order valence-corrected chi connectivity index (χ3v) is 3.10. The van der Waals surface area contributed by atoms with Crippen molar-refractivity contribution in [3.63, 3.8) is 0 Å². The lowest BCUT2D eigenvalue weighted by Crippen LogP contribution is -1.86. The molecule has 3 rings (SSSR count). The molecule has 0 fully saturated rings. The van der Waals surface area contributed by atoms with E-state index in [-0.39, 0.29) is 6.42 Å². The summed E-state index contributed by atoms with van der Waals surface area (Å²) in [5, 5.41) is 10.9. The first-order valence-electron chi connectivity index (χ1n) is 6.89. The summed E-state index contributed by atoms with van der Waals surface area (Å²) in [7, 11) is 0. The number of benzene rings is 1. The average molecular weight is 307 g/mol. The Balaban J connectivity index is 1.89. The lowest BCUT2D eigenvalue weighted by molar-refractivity contribution is -0.107. The Hall–Kier alpha value is -3.35. The molecule has 7 nitrogen and oxygen atoms in total. The molecule has 1 aromatic carbocycles. The zero-order valence-electron chi connectivity index (χ0n) is 12.1. The van der Waals surface area contributed by atoms with Gasteiger partial charge in [-0.05, 0) is 18.2 Å². The quantitative estimate of drug-likeness (QED) is 0.537. The highest BCUT2D eigenvalue weighted by molar-refractivity contribution is 5.75. The number of nitrogens with one attached hydrogen (secondary N) is 2. The second-order valence-corrected chi connectivity index (χ2v) is 4.67. The standard InChI is InChI=1S/C16H13N5O2/c17-7-2-5-14-18-10-13(19-14)11-3-1-4-12(9-11)16-20-15(6-8-22)23-21-16/h1-5,7-10,17H,6H2,(H,18,19)/b5-2-,17-7?. The van der Waals surface area contributed by atoms with E-state index in [1.165, 1.54) is 6.21 Å². The third kappa shape index (κ3) is 3.29. The Kier molecular flexibility index (Phi) is 4.19. The van der Waals surface area contributed by atoms with Gasteiger partial charge in [-0.1, -0.05) is 23.4 Å². The van der Waals surface area contributed by atoms with Gasteiger partial charge in [0.15, 0.2) is 0 Å². The number of hydrogen-bond acceptors (Lipinski definition) is 6. The van der Waals surface area contributed by atoms with E-state index in [4.69, 9.17) is 9.93 Å². The predicted octanol–water partition coefficient (Wildman–Crippen LogP) is 2.53. The summed E-state index contributed by atoms with van der Waals surface area (Å²) in [5.74, 6) is 1.40. The molecule has 0 amide bonds. The van der Waals surface area contributed by atoms with Gasteiger partial charge in [-0.15, -0.1) is 0 Å². The van der Waals surface area contributed by atoms with Crippen molar-refractivity contribution in [2.75, 3.05) is 0 Å². The van der Waals surface area contributed by atoms with Crippen molar-refractivity contribution in [3.05, 3.63) is 48.3 Å². The molecule has 0 saturated heterocycles. The Labute approximate surface area is 131 Å². The summed E-state index contributed by atoms with van der Waals surface area (Å²) in [6.45, 7) is 0. The van der Waals surface area contributed by atoms with Crippen LogP contribution in [-0.4, -0.2) is 32.6 Å². The first-order valence-corrected chi connectivity index (χ1v) is 6.89. The topological polar surface area (TPSA) is 109 Å². The van der Waals surface area contributed by atoms with Crippen LogP contribution in [0.25, 0.3) is 28.7 Å². The van der Waals surface area contributed by atoms with E-state index in [9.17, 15) is 4.79 Å². The van der Waals surface area contributed by atoms with E-state index in [0.717, 1.165) is 23.1 Å². The van der Waals surface area contributed by atoms with Crippen LogP contribution in [0.1, 0.15) is 11.7 Å². The number of rotatable bonds is 6. The van der Waals surface area contributed by atoms with Crippen LogP contribution in [0.4, 0.5) is 0 Å². The fraction of sp³-hybridized carbons (Fsp3) is 0.0625. The van der Waals surface area contributed by atoms with Crippen LogP contribution < -0.4 is 0 Å². The summed E-state index contributed by atoms with van der Waals surface area (Å²) in [4.78, 5) is 22.0. The van der Waals surface area contributed by atoms with Gasteiger partial charge in [0.2, 0.25) is 11.7 Å². The minimum absolute atomic E-state index is 0.107. The molecule has 0 saturated carbocycles. The summed E-state index contributed by atoms with van der Waals surface area (Å²) >= 11 is 0. The van der Waals surface area contributed by atoms with Crippen LogP contribution in [-0.2, 0) is 11.2 Å². The fourth-order valence-electron chi connectivity index (χ4n) is 2.06. The molecule has 0 atom stereocenters. The van der Waals surface area contributed by atoms with Gasteiger partial charge < -0.3 is 19.7 Å². The number of allylic oxidation sites excluding steroid dienone is 1. The smallest absolute Gasteiger partial charge is 0.234 e. The third-order valence-electron chi connectivity index (χ3n) is 3.10. The Bertz CT molecular complexity index is 863. The number of nitrogens with zero attached hydrogens (tertiary/aromatic N) is 3. The molecular formula is C16H13N5O2. The van der Waals surface area contributed by atoms with Crippen molar-refractivity contribution < 1.29 is 9.32 Å². The monoisotopic (exact) mass is 307 g/mol. The molecule has 23 heavy (non-hydrogen) atoms. The lowest BCUT2D eigenvalue weighted by Gasteiger charge is -1.99. The molecule has 3 aromatic rings. The van der Waals surface area contributed by atoms with Crippen LogP contribution in [0.2, 0.25) is 0 Å². The predicted molar refractivity (Wildman–Crippen MR) is 84.9 cm³/mol. The number of H-pyrrole nitrogens is 1. The second-order valence-electron chi connectivity index (χ2n) is 4.67. The molecule has 0 unspecified atom stereocenters. The van der Waals surface area contributed by atoms with Gasteiger partial charge in [0, 0.05) is 17.3 Å². The Morgan fingerprint density at radius 1 is 1.30 bits per heavy atom. The summed E-state index contributed by atoms with van der Waals surface area (Å²) in [5.41, 5.74) is 2.55. The highest BCUT2D eigenvalue weighted by Crippen LogP contribution is 2.23. The summed E-state index contributed by atoms with van der Waals surface area (Å²) < 4.78 is 5.01. The minimum atomic E-state index is 0.107. The maximum absolute atomic E-state index is 10.5. The molecule has 2 aromatic heterocycles. The molecule has 0 aliphatic carbocycles. The highest BCUT2D eigenvalue weighted by Gasteiger charge is 2.10. The van der Waals surface area contributed by atoms with E-state index < -0.39 is 0 Å². The number of aromatic nitrogens is 4. The fourth-order valence-corrected chi connectivity index (χ4v) is 2.06. The molecule has 0 spiro atoms. The van der Waals surface area contributed by atoms with Crippen LogP contribution in [0.5, 0.6) is 0 Å². The molecule has 0 aliphatic rings. The maximum Gasteiger partial charge on any atom is 0.234 e. The summed E-state index contributed by atoms with van der Waals surface area (Å²) in [6, 6.07) is 7.60. The Morgan fingerprint density at radius 2 is 2.17 bits per heavy atom. The molecule has 0 aliphatic heterocycles. The minimum Gasteiger partial charge on any atom is -0.339 e.